The SMILES string of the molecule is COc1cc(C(=O)N2CCC(CCN3CCC(C(=O)c4nc5ccccc5n4Cc4ccccn4)CC3)(c3ccc(F)cc3)C2)cc(OC)c1OC. The predicted octanol–water partition coefficient (Wildman–Crippen LogP) is 6.41. The molecule has 0 N–H and O–H groups in total. The number of likely N-dealkylation sites (tertiary alicyclic amines) is 2. The first-order valence-electron chi connectivity index (χ1n) is 17.8. The number of ether oxygens (including phenoxy) is 3. The van der Waals surface area contributed by atoms with E-state index in [9.17, 15) is 14.0 Å². The second-order valence-electron chi connectivity index (χ2n) is 13.7. The topological polar surface area (TPSA) is 99.0 Å². The van der Waals surface area contributed by atoms with E-state index < -0.39 is 0 Å². The highest BCUT2D eigenvalue weighted by atomic mass is 19.1. The van der Waals surface area contributed by atoms with Gasteiger partial charge in [-0.2, -0.15) is 0 Å². The van der Waals surface area contributed by atoms with Crippen LogP contribution in [0.15, 0.2) is 85.1 Å². The first kappa shape index (κ1) is 35.1. The number of ketones is 1. The monoisotopic (exact) mass is 705 g/mol. The lowest BCUT2D eigenvalue weighted by Crippen LogP contribution is -2.41. The van der Waals surface area contributed by atoms with Crippen molar-refractivity contribution in [2.75, 3.05) is 54.1 Å². The van der Waals surface area contributed by atoms with Gasteiger partial charge in [0.25, 0.3) is 5.91 Å². The average Bonchev–Trinajstić information content (AvgIpc) is 3.79. The molecular formula is C41H44FN5O5. The fraction of sp³-hybridized carbons (Fsp3) is 0.366. The van der Waals surface area contributed by atoms with E-state index in [1.165, 1.54) is 33.5 Å². The van der Waals surface area contributed by atoms with E-state index in [4.69, 9.17) is 19.2 Å². The minimum Gasteiger partial charge on any atom is -0.493 e. The molecule has 2 aliphatic rings. The Labute approximate surface area is 303 Å². The molecule has 1 amide bonds. The Hall–Kier alpha value is -5.29. The van der Waals surface area contributed by atoms with E-state index in [1.807, 2.05) is 64.1 Å². The fourth-order valence-electron chi connectivity index (χ4n) is 7.87. The number of aromatic nitrogens is 3. The van der Waals surface area contributed by atoms with Crippen LogP contribution in [0.5, 0.6) is 17.2 Å². The van der Waals surface area contributed by atoms with Crippen molar-refractivity contribution in [1.82, 2.24) is 24.3 Å². The number of carbonyl (C=O) groups excluding carboxylic acids is 2. The highest BCUT2D eigenvalue weighted by molar-refractivity contribution is 5.98. The largest absolute Gasteiger partial charge is 0.493 e. The van der Waals surface area contributed by atoms with Gasteiger partial charge in [0.1, 0.15) is 5.82 Å². The Kier molecular flexibility index (Phi) is 10.2. The van der Waals surface area contributed by atoms with Crippen molar-refractivity contribution in [3.63, 3.8) is 0 Å². The van der Waals surface area contributed by atoms with Gasteiger partial charge in [0, 0.05) is 36.2 Å². The second-order valence-corrected chi connectivity index (χ2v) is 13.7. The number of para-hydroxylation sites is 2. The van der Waals surface area contributed by atoms with Crippen molar-refractivity contribution in [1.29, 1.82) is 0 Å². The van der Waals surface area contributed by atoms with Crippen LogP contribution in [0.1, 0.15) is 57.9 Å². The molecule has 0 aliphatic carbocycles. The van der Waals surface area contributed by atoms with Crippen LogP contribution in [-0.2, 0) is 12.0 Å². The number of rotatable bonds is 12. The van der Waals surface area contributed by atoms with Crippen molar-refractivity contribution in [2.45, 2.75) is 37.6 Å². The Morgan fingerprint density at radius 2 is 1.60 bits per heavy atom. The zero-order valence-electron chi connectivity index (χ0n) is 29.9. The molecule has 52 heavy (non-hydrogen) atoms. The van der Waals surface area contributed by atoms with Gasteiger partial charge in [-0.15, -0.1) is 0 Å². The number of Topliss-reactive ketones (excluding diaryl/α,β-unsaturated/α-hetero) is 1. The number of pyridine rings is 1. The lowest BCUT2D eigenvalue weighted by molar-refractivity contribution is 0.0777. The maximum absolute atomic E-state index is 14.1. The van der Waals surface area contributed by atoms with E-state index in [0.717, 1.165) is 67.6 Å². The van der Waals surface area contributed by atoms with Crippen molar-refractivity contribution in [3.8, 4) is 17.2 Å². The van der Waals surface area contributed by atoms with E-state index in [2.05, 4.69) is 9.88 Å². The number of nitrogens with zero attached hydrogens (tertiary/aromatic N) is 5. The molecule has 2 aromatic heterocycles. The summed E-state index contributed by atoms with van der Waals surface area (Å²) in [5, 5.41) is 0. The summed E-state index contributed by atoms with van der Waals surface area (Å²) in [5.41, 5.74) is 3.72. The highest BCUT2D eigenvalue weighted by Crippen LogP contribution is 2.42. The number of hydrogen-bond donors (Lipinski definition) is 0. The number of benzene rings is 3. The Morgan fingerprint density at radius 1 is 0.885 bits per heavy atom. The molecule has 0 saturated carbocycles. The van der Waals surface area contributed by atoms with Gasteiger partial charge in [-0.1, -0.05) is 30.3 Å². The van der Waals surface area contributed by atoms with Crippen LogP contribution in [0.4, 0.5) is 4.39 Å². The number of hydrogen-bond acceptors (Lipinski definition) is 8. The lowest BCUT2D eigenvalue weighted by atomic mass is 9.76. The Bertz CT molecular complexity index is 2020. The van der Waals surface area contributed by atoms with Crippen LogP contribution < -0.4 is 14.2 Å². The van der Waals surface area contributed by atoms with Gasteiger partial charge in [-0.05, 0) is 99.4 Å². The van der Waals surface area contributed by atoms with Crippen LogP contribution >= 0.6 is 0 Å². The molecule has 11 heteroatoms. The zero-order chi connectivity index (χ0) is 36.2. The van der Waals surface area contributed by atoms with Crippen LogP contribution in [0, 0.1) is 11.7 Å². The molecule has 2 aliphatic heterocycles. The number of amides is 1. The van der Waals surface area contributed by atoms with Crippen molar-refractivity contribution >= 4 is 22.7 Å². The molecule has 7 rings (SSSR count). The molecule has 10 nitrogen and oxygen atoms in total. The van der Waals surface area contributed by atoms with Crippen LogP contribution in [0.2, 0.25) is 0 Å². The average molecular weight is 706 g/mol. The molecular weight excluding hydrogens is 661 g/mol. The van der Waals surface area contributed by atoms with Gasteiger partial charge in [0.15, 0.2) is 17.3 Å². The molecule has 2 saturated heterocycles. The van der Waals surface area contributed by atoms with Gasteiger partial charge in [0.2, 0.25) is 11.5 Å². The van der Waals surface area contributed by atoms with Crippen LogP contribution in [-0.4, -0.2) is 90.1 Å². The predicted molar refractivity (Wildman–Crippen MR) is 196 cm³/mol. The minimum atomic E-state index is -0.354. The third kappa shape index (κ3) is 6.97. The molecule has 0 bridgehead atoms. The third-order valence-corrected chi connectivity index (χ3v) is 10.8. The number of piperidine rings is 1. The van der Waals surface area contributed by atoms with Gasteiger partial charge < -0.3 is 28.6 Å². The number of methoxy groups -OCH3 is 3. The summed E-state index contributed by atoms with van der Waals surface area (Å²) in [6, 6.07) is 23.7. The van der Waals surface area contributed by atoms with E-state index >= 15 is 0 Å². The first-order chi connectivity index (χ1) is 25.3. The molecule has 0 spiro atoms. The van der Waals surface area contributed by atoms with E-state index in [0.29, 0.717) is 48.3 Å². The maximum Gasteiger partial charge on any atom is 0.254 e. The van der Waals surface area contributed by atoms with Crippen LogP contribution in [0.3, 0.4) is 0 Å². The quantitative estimate of drug-likeness (QED) is 0.137. The number of halogens is 1. The normalized spacial score (nSPS) is 18.1. The summed E-state index contributed by atoms with van der Waals surface area (Å²) < 4.78 is 32.6. The van der Waals surface area contributed by atoms with Crippen molar-refractivity contribution < 1.29 is 28.2 Å². The summed E-state index contributed by atoms with van der Waals surface area (Å²) in [6.07, 6.45) is 4.77. The van der Waals surface area contributed by atoms with Crippen LogP contribution in [0.25, 0.3) is 11.0 Å². The summed E-state index contributed by atoms with van der Waals surface area (Å²) >= 11 is 0. The smallest absolute Gasteiger partial charge is 0.254 e. The zero-order valence-corrected chi connectivity index (χ0v) is 29.9. The number of imidazole rings is 1. The molecule has 0 radical (unpaired) electrons. The first-order valence-corrected chi connectivity index (χ1v) is 17.8. The van der Waals surface area contributed by atoms with Crippen molar-refractivity contribution in [3.05, 3.63) is 114 Å². The number of carbonyl (C=O) groups is 2. The van der Waals surface area contributed by atoms with E-state index in [1.54, 1.807) is 18.3 Å². The molecule has 1 atom stereocenters. The molecule has 4 heterocycles. The van der Waals surface area contributed by atoms with Gasteiger partial charge in [-0.3, -0.25) is 14.6 Å². The molecule has 1 unspecified atom stereocenters. The third-order valence-electron chi connectivity index (χ3n) is 10.8. The molecule has 270 valence electrons. The summed E-state index contributed by atoms with van der Waals surface area (Å²) in [6.45, 7) is 3.89. The second kappa shape index (κ2) is 15.1. The lowest BCUT2D eigenvalue weighted by Gasteiger charge is -2.36. The standard InChI is InChI=1S/C41H44FN5O5/c1-50-35-24-29(25-36(51-2)38(35)52-3)40(49)46-23-18-41(27-46,30-11-13-31(42)14-12-30)17-22-45-20-15-28(16-21-45)37(48)39-44-33-9-4-5-10-34(33)47(39)26-32-8-6-7-19-43-32/h4-14,19,24-25,28H,15-18,20-23,26-27H2,1-3H3. The molecule has 5 aromatic rings. The van der Waals surface area contributed by atoms with Gasteiger partial charge in [-0.25, -0.2) is 9.37 Å². The summed E-state index contributed by atoms with van der Waals surface area (Å²) in [4.78, 5) is 41.5. The van der Waals surface area contributed by atoms with Gasteiger partial charge in [0.05, 0.1) is 44.6 Å². The molecule has 3 aromatic carbocycles. The number of fused-ring (bicyclic) bond motifs is 1. The summed E-state index contributed by atoms with van der Waals surface area (Å²) in [7, 11) is 4.59. The Balaban J connectivity index is 1.04. The fourth-order valence-corrected chi connectivity index (χ4v) is 7.87. The Morgan fingerprint density at radius 3 is 2.27 bits per heavy atom. The van der Waals surface area contributed by atoms with Crippen molar-refractivity contribution in [2.24, 2.45) is 5.92 Å². The maximum atomic E-state index is 14.1. The van der Waals surface area contributed by atoms with Gasteiger partial charge >= 0.3 is 0 Å². The summed E-state index contributed by atoms with van der Waals surface area (Å²) in [5.74, 6) is 1.29. The minimum absolute atomic E-state index is 0.0753. The molecule has 2 fully saturated rings. The van der Waals surface area contributed by atoms with E-state index in [-0.39, 0.29) is 28.8 Å². The highest BCUT2D eigenvalue weighted by Gasteiger charge is 2.42.